The van der Waals surface area contributed by atoms with Crippen molar-refractivity contribution in [2.24, 2.45) is 0 Å². The van der Waals surface area contributed by atoms with Gasteiger partial charge in [0.25, 0.3) is 0 Å². The van der Waals surface area contributed by atoms with Crippen molar-refractivity contribution >= 4 is 10.8 Å². The number of hydrogen-bond acceptors (Lipinski definition) is 5. The van der Waals surface area contributed by atoms with Crippen LogP contribution in [0.4, 0.5) is 0 Å². The summed E-state index contributed by atoms with van der Waals surface area (Å²) in [4.78, 5) is 14.9. The quantitative estimate of drug-likeness (QED) is 0.161. The highest BCUT2D eigenvalue weighted by molar-refractivity contribution is 6.16. The Balaban J connectivity index is 0.979. The number of aromatic nitrogens is 3. The summed E-state index contributed by atoms with van der Waals surface area (Å²) in [6.07, 6.45) is 0. The molecule has 0 spiro atoms. The van der Waals surface area contributed by atoms with Gasteiger partial charge in [0.2, 0.25) is 0 Å². The third-order valence-electron chi connectivity index (χ3n) is 11.8. The van der Waals surface area contributed by atoms with E-state index in [0.29, 0.717) is 28.6 Å². The van der Waals surface area contributed by atoms with E-state index in [9.17, 15) is 10.5 Å². The molecule has 286 valence electrons. The standard InChI is InChI=1S/C57H33N5/c58-34-44-19-11-22-48(53(44)41-17-9-16-40(30-41)45-31-42-18-10-23-51-49-20-7-8-21-50(49)52(33-45)54(42)51)37-24-26-39(27-25-37)56-60-55(38-14-5-2-6-15-38)61-57(62-56)43-28-29-47(46(32-43)35-59)36-12-3-1-4-13-36/h1-33H. The number of fused-ring (bicyclic) bond motifs is 3. The normalized spacial score (nSPS) is 11.2. The summed E-state index contributed by atoms with van der Waals surface area (Å²) < 4.78 is 0. The molecule has 0 fully saturated rings. The predicted octanol–water partition coefficient (Wildman–Crippen LogP) is 14.1. The molecule has 0 amide bonds. The van der Waals surface area contributed by atoms with E-state index in [1.165, 1.54) is 33.0 Å². The van der Waals surface area contributed by atoms with Crippen molar-refractivity contribution in [3.8, 4) is 113 Å². The first-order chi connectivity index (χ1) is 30.6. The summed E-state index contributed by atoms with van der Waals surface area (Å²) in [5.74, 6) is 1.52. The Morgan fingerprint density at radius 3 is 1.53 bits per heavy atom. The highest BCUT2D eigenvalue weighted by Crippen LogP contribution is 2.49. The molecule has 0 N–H and O–H groups in total. The third kappa shape index (κ3) is 6.30. The van der Waals surface area contributed by atoms with E-state index in [2.05, 4.69) is 109 Å². The third-order valence-corrected chi connectivity index (χ3v) is 11.8. The summed E-state index contributed by atoms with van der Waals surface area (Å²) in [5.41, 5.74) is 16.4. The average molecular weight is 788 g/mol. The predicted molar refractivity (Wildman–Crippen MR) is 249 cm³/mol. The van der Waals surface area contributed by atoms with Gasteiger partial charge in [-0.15, -0.1) is 0 Å². The van der Waals surface area contributed by atoms with Crippen molar-refractivity contribution in [3.63, 3.8) is 0 Å². The number of nitrogens with zero attached hydrogens (tertiary/aromatic N) is 5. The molecule has 0 bridgehead atoms. The number of hydrogen-bond donors (Lipinski definition) is 0. The summed E-state index contributed by atoms with van der Waals surface area (Å²) in [6, 6.07) is 72.7. The Morgan fingerprint density at radius 2 is 0.806 bits per heavy atom. The summed E-state index contributed by atoms with van der Waals surface area (Å²) in [7, 11) is 0. The number of rotatable bonds is 7. The van der Waals surface area contributed by atoms with Crippen molar-refractivity contribution in [1.29, 1.82) is 10.5 Å². The van der Waals surface area contributed by atoms with Gasteiger partial charge < -0.3 is 0 Å². The Labute approximate surface area is 359 Å². The highest BCUT2D eigenvalue weighted by atomic mass is 15.0. The molecular weight excluding hydrogens is 755 g/mol. The van der Waals surface area contributed by atoms with Crippen LogP contribution in [0.15, 0.2) is 200 Å². The Hall–Kier alpha value is -8.77. The first kappa shape index (κ1) is 36.3. The minimum Gasteiger partial charge on any atom is -0.208 e. The van der Waals surface area contributed by atoms with Gasteiger partial charge in [-0.1, -0.05) is 170 Å². The van der Waals surface area contributed by atoms with Gasteiger partial charge in [-0.2, -0.15) is 10.5 Å². The monoisotopic (exact) mass is 787 g/mol. The van der Waals surface area contributed by atoms with Crippen LogP contribution in [0.5, 0.6) is 0 Å². The molecule has 0 unspecified atom stereocenters. The maximum Gasteiger partial charge on any atom is 0.164 e. The van der Waals surface area contributed by atoms with Gasteiger partial charge in [0.1, 0.15) is 0 Å². The molecule has 1 aliphatic rings. The highest BCUT2D eigenvalue weighted by Gasteiger charge is 2.22. The molecule has 0 aliphatic heterocycles. The minimum absolute atomic E-state index is 0.475. The smallest absolute Gasteiger partial charge is 0.164 e. The Morgan fingerprint density at radius 1 is 0.290 bits per heavy atom. The van der Waals surface area contributed by atoms with Crippen LogP contribution >= 0.6 is 0 Å². The molecule has 5 heteroatoms. The van der Waals surface area contributed by atoms with Gasteiger partial charge in [-0.05, 0) is 102 Å². The summed E-state index contributed by atoms with van der Waals surface area (Å²) in [5, 5.41) is 23.2. The fraction of sp³-hybridized carbons (Fsp3) is 0. The molecule has 1 aromatic heterocycles. The van der Waals surface area contributed by atoms with Crippen LogP contribution in [-0.4, -0.2) is 15.0 Å². The lowest BCUT2D eigenvalue weighted by atomic mass is 9.88. The Bertz CT molecular complexity index is 3470. The van der Waals surface area contributed by atoms with Crippen molar-refractivity contribution in [2.75, 3.05) is 0 Å². The zero-order valence-corrected chi connectivity index (χ0v) is 33.3. The average Bonchev–Trinajstić information content (AvgIpc) is 3.68. The van der Waals surface area contributed by atoms with Crippen molar-refractivity contribution in [3.05, 3.63) is 211 Å². The van der Waals surface area contributed by atoms with Gasteiger partial charge >= 0.3 is 0 Å². The second-order valence-corrected chi connectivity index (χ2v) is 15.4. The topological polar surface area (TPSA) is 86.2 Å². The number of benzene rings is 9. The van der Waals surface area contributed by atoms with Crippen LogP contribution in [-0.2, 0) is 0 Å². The zero-order valence-electron chi connectivity index (χ0n) is 33.3. The van der Waals surface area contributed by atoms with Gasteiger partial charge in [0.15, 0.2) is 17.5 Å². The molecule has 9 aromatic carbocycles. The van der Waals surface area contributed by atoms with Crippen LogP contribution < -0.4 is 0 Å². The van der Waals surface area contributed by atoms with E-state index in [1.54, 1.807) is 0 Å². The maximum atomic E-state index is 10.5. The molecule has 5 nitrogen and oxygen atoms in total. The fourth-order valence-corrected chi connectivity index (χ4v) is 8.83. The maximum absolute atomic E-state index is 10.5. The second-order valence-electron chi connectivity index (χ2n) is 15.4. The molecule has 1 aliphatic carbocycles. The second kappa shape index (κ2) is 15.1. The molecule has 10 aromatic rings. The lowest BCUT2D eigenvalue weighted by Crippen LogP contribution is -2.00. The van der Waals surface area contributed by atoms with Crippen LogP contribution in [0.25, 0.3) is 112 Å². The van der Waals surface area contributed by atoms with E-state index in [4.69, 9.17) is 15.0 Å². The van der Waals surface area contributed by atoms with Crippen LogP contribution in [0.3, 0.4) is 0 Å². The first-order valence-electron chi connectivity index (χ1n) is 20.5. The molecule has 62 heavy (non-hydrogen) atoms. The molecule has 11 rings (SSSR count). The lowest BCUT2D eigenvalue weighted by Gasteiger charge is -2.15. The molecule has 1 heterocycles. The van der Waals surface area contributed by atoms with Crippen molar-refractivity contribution in [2.45, 2.75) is 0 Å². The van der Waals surface area contributed by atoms with E-state index < -0.39 is 0 Å². The van der Waals surface area contributed by atoms with Gasteiger partial charge in [-0.3, -0.25) is 0 Å². The van der Waals surface area contributed by atoms with Crippen LogP contribution in [0.1, 0.15) is 11.1 Å². The van der Waals surface area contributed by atoms with E-state index in [1.807, 2.05) is 103 Å². The van der Waals surface area contributed by atoms with Gasteiger partial charge in [0.05, 0.1) is 23.3 Å². The lowest BCUT2D eigenvalue weighted by molar-refractivity contribution is 1.07. The van der Waals surface area contributed by atoms with Crippen LogP contribution in [0, 0.1) is 22.7 Å². The SMILES string of the molecule is N#Cc1cc(-c2nc(-c3ccccc3)nc(-c3ccc(-c4cccc(C#N)c4-c4cccc(-c5cc6c7c(cccc7c5)-c5ccccc5-6)c4)cc3)n2)ccc1-c1ccccc1. The van der Waals surface area contributed by atoms with Gasteiger partial charge in [0, 0.05) is 22.3 Å². The summed E-state index contributed by atoms with van der Waals surface area (Å²) in [6.45, 7) is 0. The largest absolute Gasteiger partial charge is 0.208 e. The molecule has 0 radical (unpaired) electrons. The number of nitriles is 2. The molecule has 0 saturated heterocycles. The van der Waals surface area contributed by atoms with E-state index >= 15 is 0 Å². The van der Waals surface area contributed by atoms with Gasteiger partial charge in [-0.25, -0.2) is 15.0 Å². The minimum atomic E-state index is 0.475. The first-order valence-corrected chi connectivity index (χ1v) is 20.5. The van der Waals surface area contributed by atoms with E-state index in [0.717, 1.165) is 61.2 Å². The Kier molecular flexibility index (Phi) is 8.85. The zero-order chi connectivity index (χ0) is 41.6. The molecule has 0 atom stereocenters. The molecular formula is C57H33N5. The summed E-state index contributed by atoms with van der Waals surface area (Å²) >= 11 is 0. The fourth-order valence-electron chi connectivity index (χ4n) is 8.83. The molecule has 0 saturated carbocycles. The van der Waals surface area contributed by atoms with Crippen molar-refractivity contribution < 1.29 is 0 Å². The van der Waals surface area contributed by atoms with Crippen LogP contribution in [0.2, 0.25) is 0 Å². The van der Waals surface area contributed by atoms with E-state index in [-0.39, 0.29) is 0 Å². The van der Waals surface area contributed by atoms with Crippen molar-refractivity contribution in [1.82, 2.24) is 15.0 Å².